The lowest BCUT2D eigenvalue weighted by Gasteiger charge is -2.45. The highest BCUT2D eigenvalue weighted by Crippen LogP contribution is 2.60. The van der Waals surface area contributed by atoms with Crippen LogP contribution in [0, 0.1) is 0 Å². The van der Waals surface area contributed by atoms with Crippen molar-refractivity contribution in [3.05, 3.63) is 216 Å². The lowest BCUT2D eigenvalue weighted by atomic mass is 9.62. The molecule has 0 aliphatic carbocycles. The van der Waals surface area contributed by atoms with Gasteiger partial charge in [-0.15, -0.1) is 0 Å². The highest BCUT2D eigenvalue weighted by atomic mass is 16.5. The predicted octanol–water partition coefficient (Wildman–Crippen LogP) is 12.7. The minimum absolute atomic E-state index is 0.599. The summed E-state index contributed by atoms with van der Waals surface area (Å²) < 4.78 is 9.44. The number of hydrogen-bond acceptors (Lipinski definition) is 2. The van der Waals surface area contributed by atoms with Gasteiger partial charge in [-0.2, -0.15) is 0 Å². The Hall–Kier alpha value is -6.84. The Bertz CT molecular complexity index is 2820. The molecule has 3 heterocycles. The van der Waals surface area contributed by atoms with Crippen LogP contribution < -0.4 is 9.64 Å². The van der Waals surface area contributed by atoms with E-state index in [1.165, 1.54) is 49.7 Å². The molecular formula is C49H32N2O. The molecule has 3 nitrogen and oxygen atoms in total. The maximum absolute atomic E-state index is 6.97. The van der Waals surface area contributed by atoms with Crippen LogP contribution in [0.25, 0.3) is 38.6 Å². The van der Waals surface area contributed by atoms with Gasteiger partial charge in [0.1, 0.15) is 11.5 Å². The molecule has 2 aliphatic rings. The minimum atomic E-state index is -0.599. The summed E-state index contributed by atoms with van der Waals surface area (Å²) in [6, 6.07) is 69.9. The van der Waals surface area contributed by atoms with Gasteiger partial charge in [0.15, 0.2) is 0 Å². The Morgan fingerprint density at radius 1 is 0.404 bits per heavy atom. The Balaban J connectivity index is 1.17. The molecule has 52 heavy (non-hydrogen) atoms. The second-order valence-electron chi connectivity index (χ2n) is 13.7. The molecule has 0 saturated carbocycles. The summed E-state index contributed by atoms with van der Waals surface area (Å²) in [6.45, 7) is 0. The zero-order chi connectivity index (χ0) is 34.2. The first-order valence-electron chi connectivity index (χ1n) is 17.9. The maximum Gasteiger partial charge on any atom is 0.134 e. The van der Waals surface area contributed by atoms with Crippen molar-refractivity contribution >= 4 is 38.9 Å². The maximum atomic E-state index is 6.97. The van der Waals surface area contributed by atoms with Gasteiger partial charge >= 0.3 is 0 Å². The van der Waals surface area contributed by atoms with Gasteiger partial charge in [0.25, 0.3) is 0 Å². The lowest BCUT2D eigenvalue weighted by Crippen LogP contribution is -2.37. The molecule has 11 rings (SSSR count). The number of ether oxygens (including phenoxy) is 1. The van der Waals surface area contributed by atoms with Crippen LogP contribution in [-0.2, 0) is 5.41 Å². The van der Waals surface area contributed by atoms with E-state index in [-0.39, 0.29) is 0 Å². The number of anilines is 3. The van der Waals surface area contributed by atoms with Crippen molar-refractivity contribution in [2.75, 3.05) is 4.90 Å². The van der Waals surface area contributed by atoms with Crippen LogP contribution in [0.4, 0.5) is 17.1 Å². The average molecular weight is 665 g/mol. The first-order chi connectivity index (χ1) is 25.8. The van der Waals surface area contributed by atoms with E-state index in [4.69, 9.17) is 4.74 Å². The van der Waals surface area contributed by atoms with Gasteiger partial charge in [-0.25, -0.2) is 0 Å². The molecule has 1 spiro atoms. The van der Waals surface area contributed by atoms with Crippen LogP contribution in [0.15, 0.2) is 194 Å². The summed E-state index contributed by atoms with van der Waals surface area (Å²) in [4.78, 5) is 2.32. The molecular weight excluding hydrogens is 633 g/mol. The molecule has 0 saturated heterocycles. The molecule has 9 aromatic rings. The molecule has 0 bridgehead atoms. The van der Waals surface area contributed by atoms with Gasteiger partial charge < -0.3 is 14.2 Å². The van der Waals surface area contributed by atoms with Crippen molar-refractivity contribution in [3.63, 3.8) is 0 Å². The molecule has 0 fully saturated rings. The van der Waals surface area contributed by atoms with Gasteiger partial charge in [-0.3, -0.25) is 0 Å². The monoisotopic (exact) mass is 664 g/mol. The van der Waals surface area contributed by atoms with Gasteiger partial charge in [0, 0.05) is 45.0 Å². The number of nitrogens with zero attached hydrogens (tertiary/aromatic N) is 2. The Morgan fingerprint density at radius 2 is 1.00 bits per heavy atom. The van der Waals surface area contributed by atoms with E-state index in [0.29, 0.717) is 0 Å². The second kappa shape index (κ2) is 11.1. The van der Waals surface area contributed by atoms with Gasteiger partial charge in [0.05, 0.1) is 22.1 Å². The van der Waals surface area contributed by atoms with Gasteiger partial charge in [0.2, 0.25) is 0 Å². The third kappa shape index (κ3) is 3.96. The van der Waals surface area contributed by atoms with Crippen LogP contribution in [-0.4, -0.2) is 4.57 Å². The first-order valence-corrected chi connectivity index (χ1v) is 17.9. The van der Waals surface area contributed by atoms with E-state index in [9.17, 15) is 0 Å². The largest absolute Gasteiger partial charge is 0.457 e. The predicted molar refractivity (Wildman–Crippen MR) is 213 cm³/mol. The number of rotatable bonds is 4. The second-order valence-corrected chi connectivity index (χ2v) is 13.7. The molecule has 244 valence electrons. The van der Waals surface area contributed by atoms with Crippen molar-refractivity contribution in [1.29, 1.82) is 0 Å². The Kier molecular flexibility index (Phi) is 6.17. The molecule has 1 unspecified atom stereocenters. The zero-order valence-corrected chi connectivity index (χ0v) is 28.3. The zero-order valence-electron chi connectivity index (χ0n) is 28.3. The SMILES string of the molecule is c1ccc(-c2ccc(N(c3ccccc3)c3ccc4c(c3)Oc3ccccc3C43c4ccccc4-n4c5ccccc5c5cccc3c54)cc2)cc1. The molecule has 8 aromatic carbocycles. The summed E-state index contributed by atoms with van der Waals surface area (Å²) >= 11 is 0. The number of benzene rings is 8. The topological polar surface area (TPSA) is 17.4 Å². The molecule has 0 radical (unpaired) electrons. The summed E-state index contributed by atoms with van der Waals surface area (Å²) in [5, 5.41) is 2.53. The Morgan fingerprint density at radius 3 is 1.85 bits per heavy atom. The highest BCUT2D eigenvalue weighted by molar-refractivity contribution is 6.12. The minimum Gasteiger partial charge on any atom is -0.457 e. The molecule has 2 aliphatic heterocycles. The van der Waals surface area contributed by atoms with Gasteiger partial charge in [-0.05, 0) is 70.8 Å². The summed E-state index contributed by atoms with van der Waals surface area (Å²) in [5.74, 6) is 1.73. The normalized spacial score (nSPS) is 15.2. The van der Waals surface area contributed by atoms with E-state index in [1.54, 1.807) is 0 Å². The fraction of sp³-hybridized carbons (Fsp3) is 0.0204. The molecule has 1 atom stereocenters. The van der Waals surface area contributed by atoms with E-state index in [2.05, 4.69) is 204 Å². The van der Waals surface area contributed by atoms with Crippen molar-refractivity contribution in [1.82, 2.24) is 4.57 Å². The average Bonchev–Trinajstić information content (AvgIpc) is 3.56. The number of hydrogen-bond donors (Lipinski definition) is 0. The molecule has 3 heteroatoms. The summed E-state index contributed by atoms with van der Waals surface area (Å²) in [7, 11) is 0. The smallest absolute Gasteiger partial charge is 0.134 e. The molecule has 0 amide bonds. The van der Waals surface area contributed by atoms with Crippen molar-refractivity contribution < 1.29 is 4.74 Å². The number of aromatic nitrogens is 1. The van der Waals surface area contributed by atoms with Crippen LogP contribution >= 0.6 is 0 Å². The quantitative estimate of drug-likeness (QED) is 0.186. The third-order valence-corrected chi connectivity index (χ3v) is 11.0. The fourth-order valence-electron chi connectivity index (χ4n) is 8.91. The van der Waals surface area contributed by atoms with E-state index < -0.39 is 5.41 Å². The van der Waals surface area contributed by atoms with Crippen molar-refractivity contribution in [2.45, 2.75) is 5.41 Å². The summed E-state index contributed by atoms with van der Waals surface area (Å²) in [6.07, 6.45) is 0. The van der Waals surface area contributed by atoms with Crippen molar-refractivity contribution in [2.24, 2.45) is 0 Å². The Labute approximate surface area is 302 Å². The van der Waals surface area contributed by atoms with E-state index in [1.807, 2.05) is 0 Å². The van der Waals surface area contributed by atoms with Gasteiger partial charge in [-0.1, -0.05) is 140 Å². The van der Waals surface area contributed by atoms with Crippen LogP contribution in [0.1, 0.15) is 22.3 Å². The first kappa shape index (κ1) is 28.9. The fourth-order valence-corrected chi connectivity index (χ4v) is 8.91. The standard InChI is InChI=1S/C49H32N2O/c1-3-14-33(15-4-1)34-26-28-36(29-27-34)50(35-16-5-2-6-17-35)37-30-31-42-47(32-37)52-46-25-12-9-21-41(46)49(42)40-20-8-11-24-45(40)51-44-23-10-7-18-38(44)39-19-13-22-43(49)48(39)51/h1-32H. The van der Waals surface area contributed by atoms with Crippen molar-refractivity contribution in [3.8, 4) is 28.3 Å². The molecule has 0 N–H and O–H groups in total. The summed E-state index contributed by atoms with van der Waals surface area (Å²) in [5.41, 5.74) is 13.5. The van der Waals surface area contributed by atoms with Crippen LogP contribution in [0.5, 0.6) is 11.5 Å². The number of para-hydroxylation sites is 5. The molecule has 1 aromatic heterocycles. The lowest BCUT2D eigenvalue weighted by molar-refractivity contribution is 0.434. The third-order valence-electron chi connectivity index (χ3n) is 11.0. The van der Waals surface area contributed by atoms with Crippen LogP contribution in [0.3, 0.4) is 0 Å². The number of fused-ring (bicyclic) bond motifs is 11. The van der Waals surface area contributed by atoms with E-state index in [0.717, 1.165) is 39.7 Å². The van der Waals surface area contributed by atoms with E-state index >= 15 is 0 Å². The highest BCUT2D eigenvalue weighted by Gasteiger charge is 2.50. The van der Waals surface area contributed by atoms with Crippen LogP contribution in [0.2, 0.25) is 0 Å².